The second kappa shape index (κ2) is 6.40. The molecule has 0 aliphatic rings. The number of rotatable bonds is 5. The van der Waals surface area contributed by atoms with Crippen LogP contribution in [0.1, 0.15) is 35.4 Å². The molecule has 0 heterocycles. The molecule has 0 aromatic heterocycles. The summed E-state index contributed by atoms with van der Waals surface area (Å²) in [5.41, 5.74) is -0.0233. The van der Waals surface area contributed by atoms with Crippen LogP contribution in [0.3, 0.4) is 0 Å². The molecule has 1 aromatic carbocycles. The number of methoxy groups -OCH3 is 1. The van der Waals surface area contributed by atoms with Gasteiger partial charge in [0.05, 0.1) is 19.6 Å². The maximum absolute atomic E-state index is 13.6. The van der Waals surface area contributed by atoms with Gasteiger partial charge in [-0.3, -0.25) is 9.59 Å². The third-order valence-corrected chi connectivity index (χ3v) is 2.69. The van der Waals surface area contributed by atoms with Gasteiger partial charge < -0.3 is 14.9 Å². The molecule has 1 aromatic rings. The van der Waals surface area contributed by atoms with E-state index in [1.807, 2.05) is 0 Å². The lowest BCUT2D eigenvalue weighted by molar-refractivity contribution is -0.144. The second-order valence-electron chi connectivity index (χ2n) is 4.08. The van der Waals surface area contributed by atoms with Gasteiger partial charge in [0.25, 0.3) is 0 Å². The van der Waals surface area contributed by atoms with Crippen molar-refractivity contribution >= 4 is 11.8 Å². The van der Waals surface area contributed by atoms with Crippen molar-refractivity contribution in [2.24, 2.45) is 0 Å². The van der Waals surface area contributed by atoms with E-state index in [2.05, 4.69) is 4.74 Å². The van der Waals surface area contributed by atoms with Gasteiger partial charge in [-0.2, -0.15) is 0 Å². The molecule has 0 radical (unpaired) electrons. The highest BCUT2D eigenvalue weighted by Gasteiger charge is 2.25. The lowest BCUT2D eigenvalue weighted by Crippen LogP contribution is -2.23. The Bertz CT molecular complexity index is 486. The van der Waals surface area contributed by atoms with Crippen LogP contribution in [-0.4, -0.2) is 35.2 Å². The SMILES string of the molecule is COC(=O)CC(O)C(O)c1cc(C(C)=O)ccc1F. The minimum absolute atomic E-state index is 0.209. The van der Waals surface area contributed by atoms with Crippen molar-refractivity contribution in [3.05, 3.63) is 35.1 Å². The first-order chi connectivity index (χ1) is 8.86. The summed E-state index contributed by atoms with van der Waals surface area (Å²) in [5.74, 6) is -1.79. The van der Waals surface area contributed by atoms with Crippen molar-refractivity contribution in [1.29, 1.82) is 0 Å². The topological polar surface area (TPSA) is 83.8 Å². The lowest BCUT2D eigenvalue weighted by atomic mass is 9.98. The van der Waals surface area contributed by atoms with Gasteiger partial charge in [0.15, 0.2) is 5.78 Å². The molecule has 0 aliphatic heterocycles. The zero-order valence-corrected chi connectivity index (χ0v) is 10.6. The molecule has 6 heteroatoms. The summed E-state index contributed by atoms with van der Waals surface area (Å²) in [6.07, 6.45) is -3.59. The Kier molecular flexibility index (Phi) is 5.14. The van der Waals surface area contributed by atoms with Gasteiger partial charge in [-0.15, -0.1) is 0 Å². The molecule has 5 nitrogen and oxygen atoms in total. The van der Waals surface area contributed by atoms with Gasteiger partial charge in [-0.05, 0) is 25.1 Å². The van der Waals surface area contributed by atoms with Crippen molar-refractivity contribution in [2.45, 2.75) is 25.6 Å². The monoisotopic (exact) mass is 270 g/mol. The van der Waals surface area contributed by atoms with Crippen LogP contribution >= 0.6 is 0 Å². The van der Waals surface area contributed by atoms with Crippen LogP contribution < -0.4 is 0 Å². The van der Waals surface area contributed by atoms with Gasteiger partial charge >= 0.3 is 5.97 Å². The van der Waals surface area contributed by atoms with Crippen LogP contribution in [0.2, 0.25) is 0 Å². The predicted octanol–water partition coefficient (Wildman–Crippen LogP) is 0.986. The van der Waals surface area contributed by atoms with Gasteiger partial charge in [-0.25, -0.2) is 4.39 Å². The molecule has 0 saturated heterocycles. The molecule has 0 bridgehead atoms. The number of carbonyl (C=O) groups excluding carboxylic acids is 2. The smallest absolute Gasteiger partial charge is 0.308 e. The van der Waals surface area contributed by atoms with Crippen LogP contribution in [0.25, 0.3) is 0 Å². The summed E-state index contributed by atoms with van der Waals surface area (Å²) >= 11 is 0. The molecule has 0 spiro atoms. The average Bonchev–Trinajstić information content (AvgIpc) is 2.37. The predicted molar refractivity (Wildman–Crippen MR) is 64.0 cm³/mol. The van der Waals surface area contributed by atoms with Crippen molar-refractivity contribution in [1.82, 2.24) is 0 Å². The zero-order valence-electron chi connectivity index (χ0n) is 10.6. The molecular formula is C13H15FO5. The minimum atomic E-state index is -1.61. The number of benzene rings is 1. The maximum atomic E-state index is 13.6. The first kappa shape index (κ1) is 15.3. The van der Waals surface area contributed by atoms with Gasteiger partial charge in [-0.1, -0.05) is 0 Å². The first-order valence-corrected chi connectivity index (χ1v) is 5.60. The van der Waals surface area contributed by atoms with Crippen LogP contribution in [0.15, 0.2) is 18.2 Å². The van der Waals surface area contributed by atoms with Crippen LogP contribution in [0.4, 0.5) is 4.39 Å². The quantitative estimate of drug-likeness (QED) is 0.615. The second-order valence-corrected chi connectivity index (χ2v) is 4.08. The number of carbonyl (C=O) groups is 2. The van der Waals surface area contributed by atoms with E-state index in [0.29, 0.717) is 0 Å². The highest BCUT2D eigenvalue weighted by molar-refractivity contribution is 5.94. The van der Waals surface area contributed by atoms with Crippen molar-refractivity contribution in [3.8, 4) is 0 Å². The molecule has 0 fully saturated rings. The summed E-state index contributed by atoms with van der Waals surface area (Å²) in [4.78, 5) is 22.2. The summed E-state index contributed by atoms with van der Waals surface area (Å²) < 4.78 is 17.9. The Morgan fingerprint density at radius 3 is 2.53 bits per heavy atom. The Hall–Kier alpha value is -1.79. The van der Waals surface area contributed by atoms with E-state index >= 15 is 0 Å². The molecule has 104 valence electrons. The molecular weight excluding hydrogens is 255 g/mol. The number of halogens is 1. The van der Waals surface area contributed by atoms with E-state index in [9.17, 15) is 24.2 Å². The van der Waals surface area contributed by atoms with Crippen molar-refractivity contribution < 1.29 is 28.9 Å². The fourth-order valence-corrected chi connectivity index (χ4v) is 1.56. The number of esters is 1. The number of aliphatic hydroxyl groups is 2. The molecule has 0 amide bonds. The lowest BCUT2D eigenvalue weighted by Gasteiger charge is -2.18. The Morgan fingerprint density at radius 2 is 2.00 bits per heavy atom. The highest BCUT2D eigenvalue weighted by Crippen LogP contribution is 2.23. The number of ether oxygens (including phenoxy) is 1. The van der Waals surface area contributed by atoms with Gasteiger partial charge in [0.2, 0.25) is 0 Å². The third kappa shape index (κ3) is 3.84. The fraction of sp³-hybridized carbons (Fsp3) is 0.385. The maximum Gasteiger partial charge on any atom is 0.308 e. The number of aliphatic hydroxyl groups excluding tert-OH is 2. The fourth-order valence-electron chi connectivity index (χ4n) is 1.56. The van der Waals surface area contributed by atoms with Gasteiger partial charge in [0, 0.05) is 11.1 Å². The highest BCUT2D eigenvalue weighted by atomic mass is 19.1. The standard InChI is InChI=1S/C13H15FO5/c1-7(15)8-3-4-10(14)9(5-8)13(18)11(16)6-12(17)19-2/h3-5,11,13,16,18H,6H2,1-2H3. The molecule has 2 atom stereocenters. The van der Waals surface area contributed by atoms with Crippen LogP contribution in [0, 0.1) is 5.82 Å². The normalized spacial score (nSPS) is 13.7. The zero-order chi connectivity index (χ0) is 14.6. The Morgan fingerprint density at radius 1 is 1.37 bits per heavy atom. The van der Waals surface area contributed by atoms with Gasteiger partial charge in [0.1, 0.15) is 11.9 Å². The first-order valence-electron chi connectivity index (χ1n) is 5.60. The van der Waals surface area contributed by atoms with E-state index in [1.165, 1.54) is 13.0 Å². The van der Waals surface area contributed by atoms with E-state index in [0.717, 1.165) is 19.2 Å². The molecule has 0 saturated carbocycles. The molecule has 2 N–H and O–H groups in total. The van der Waals surface area contributed by atoms with Crippen LogP contribution in [-0.2, 0) is 9.53 Å². The summed E-state index contributed by atoms with van der Waals surface area (Å²) in [5, 5.41) is 19.4. The largest absolute Gasteiger partial charge is 0.469 e. The van der Waals surface area contributed by atoms with Crippen LogP contribution in [0.5, 0.6) is 0 Å². The van der Waals surface area contributed by atoms with Crippen molar-refractivity contribution in [2.75, 3.05) is 7.11 Å². The molecule has 19 heavy (non-hydrogen) atoms. The van der Waals surface area contributed by atoms with E-state index in [1.54, 1.807) is 0 Å². The number of hydrogen-bond donors (Lipinski definition) is 2. The third-order valence-electron chi connectivity index (χ3n) is 2.69. The van der Waals surface area contributed by atoms with E-state index in [-0.39, 0.29) is 16.9 Å². The average molecular weight is 270 g/mol. The Balaban J connectivity index is 2.97. The summed E-state index contributed by atoms with van der Waals surface area (Å²) in [6.45, 7) is 1.30. The minimum Gasteiger partial charge on any atom is -0.469 e. The number of ketones is 1. The van der Waals surface area contributed by atoms with E-state index < -0.39 is 30.4 Å². The van der Waals surface area contributed by atoms with E-state index in [4.69, 9.17) is 0 Å². The molecule has 2 unspecified atom stereocenters. The molecule has 1 rings (SSSR count). The number of Topliss-reactive ketones (excluding diaryl/α,β-unsaturated/α-hetero) is 1. The summed E-state index contributed by atoms with van der Waals surface area (Å²) in [6, 6.07) is 3.46. The summed E-state index contributed by atoms with van der Waals surface area (Å²) in [7, 11) is 1.14. The Labute approximate surface area is 109 Å². The molecule has 0 aliphatic carbocycles. The number of hydrogen-bond acceptors (Lipinski definition) is 5. The van der Waals surface area contributed by atoms with Crippen molar-refractivity contribution in [3.63, 3.8) is 0 Å².